The molecule has 3 aromatic heterocycles. The Bertz CT molecular complexity index is 1070. The Balaban J connectivity index is 1.54. The molecule has 0 amide bonds. The van der Waals surface area contributed by atoms with E-state index in [1.54, 1.807) is 6.20 Å². The fraction of sp³-hybridized carbons (Fsp3) is 0.545. The summed E-state index contributed by atoms with van der Waals surface area (Å²) in [6.45, 7) is 4.09. The van der Waals surface area contributed by atoms with Crippen LogP contribution in [0.5, 0.6) is 0 Å². The number of hydrogen-bond acceptors (Lipinski definition) is 8. The highest BCUT2D eigenvalue weighted by molar-refractivity contribution is 5.96. The standard InChI is InChI=1S/C22H30N8O/c1-2-18-22(27-14-3-4-16(31)9-14)29-19-17(11-25-21(23)20(19)28-18)13-10-26-30(12-13)15-5-7-24-8-6-15/h10-12,14-16,24,31H,2-9H2,1H3,(H2,23,25)(H,27,29). The highest BCUT2D eigenvalue weighted by Gasteiger charge is 2.25. The number of anilines is 2. The summed E-state index contributed by atoms with van der Waals surface area (Å²) in [5, 5.41) is 21.4. The van der Waals surface area contributed by atoms with E-state index in [1.807, 2.05) is 6.20 Å². The van der Waals surface area contributed by atoms with Gasteiger partial charge in [-0.2, -0.15) is 5.10 Å². The predicted molar refractivity (Wildman–Crippen MR) is 121 cm³/mol. The van der Waals surface area contributed by atoms with E-state index < -0.39 is 0 Å². The van der Waals surface area contributed by atoms with Crippen LogP contribution in [-0.2, 0) is 6.42 Å². The van der Waals surface area contributed by atoms with Gasteiger partial charge in [-0.3, -0.25) is 4.68 Å². The number of fused-ring (bicyclic) bond motifs is 1. The van der Waals surface area contributed by atoms with E-state index in [-0.39, 0.29) is 12.1 Å². The second kappa shape index (κ2) is 8.39. The average molecular weight is 423 g/mol. The molecule has 2 aliphatic rings. The van der Waals surface area contributed by atoms with Gasteiger partial charge in [0.2, 0.25) is 0 Å². The zero-order chi connectivity index (χ0) is 21.4. The molecule has 0 radical (unpaired) electrons. The molecule has 164 valence electrons. The monoisotopic (exact) mass is 422 g/mol. The van der Waals surface area contributed by atoms with Gasteiger partial charge < -0.3 is 21.5 Å². The minimum atomic E-state index is -0.243. The van der Waals surface area contributed by atoms with Crippen LogP contribution in [0, 0.1) is 0 Å². The van der Waals surface area contributed by atoms with Gasteiger partial charge in [0.05, 0.1) is 24.0 Å². The second-order valence-electron chi connectivity index (χ2n) is 8.63. The molecule has 0 aromatic carbocycles. The highest BCUT2D eigenvalue weighted by Crippen LogP contribution is 2.32. The molecule has 5 rings (SSSR count). The first kappa shape index (κ1) is 20.1. The summed E-state index contributed by atoms with van der Waals surface area (Å²) < 4.78 is 2.06. The lowest BCUT2D eigenvalue weighted by Crippen LogP contribution is -2.29. The molecule has 5 N–H and O–H groups in total. The number of nitrogens with two attached hydrogens (primary N) is 1. The SMILES string of the molecule is CCc1nc2c(N)ncc(-c3cnn(C4CCNCC4)c3)c2nc1NC1CCC(O)C1. The van der Waals surface area contributed by atoms with Gasteiger partial charge in [0.15, 0.2) is 5.82 Å². The van der Waals surface area contributed by atoms with E-state index in [1.165, 1.54) is 0 Å². The van der Waals surface area contributed by atoms with Gasteiger partial charge in [0.25, 0.3) is 0 Å². The lowest BCUT2D eigenvalue weighted by atomic mass is 10.1. The Morgan fingerprint density at radius 2 is 2.00 bits per heavy atom. The molecule has 1 aliphatic heterocycles. The first-order valence-corrected chi connectivity index (χ1v) is 11.3. The van der Waals surface area contributed by atoms with E-state index in [2.05, 4.69) is 38.5 Å². The summed E-state index contributed by atoms with van der Waals surface area (Å²) in [6, 6.07) is 0.615. The molecular formula is C22H30N8O. The fourth-order valence-electron chi connectivity index (χ4n) is 4.70. The van der Waals surface area contributed by atoms with Crippen LogP contribution in [0.25, 0.3) is 22.2 Å². The lowest BCUT2D eigenvalue weighted by molar-refractivity contribution is 0.182. The second-order valence-corrected chi connectivity index (χ2v) is 8.63. The van der Waals surface area contributed by atoms with Crippen molar-refractivity contribution in [3.05, 3.63) is 24.3 Å². The summed E-state index contributed by atoms with van der Waals surface area (Å²) >= 11 is 0. The molecule has 9 heteroatoms. The summed E-state index contributed by atoms with van der Waals surface area (Å²) in [7, 11) is 0. The molecule has 2 atom stereocenters. The number of nitrogens with one attached hydrogen (secondary N) is 2. The topological polar surface area (TPSA) is 127 Å². The quantitative estimate of drug-likeness (QED) is 0.493. The van der Waals surface area contributed by atoms with Crippen LogP contribution >= 0.6 is 0 Å². The first-order valence-electron chi connectivity index (χ1n) is 11.3. The maximum atomic E-state index is 9.90. The van der Waals surface area contributed by atoms with E-state index in [0.29, 0.717) is 17.4 Å². The number of aliphatic hydroxyl groups excluding tert-OH is 1. The van der Waals surface area contributed by atoms with Crippen LogP contribution in [0.2, 0.25) is 0 Å². The molecule has 9 nitrogen and oxygen atoms in total. The number of rotatable bonds is 5. The summed E-state index contributed by atoms with van der Waals surface area (Å²) in [4.78, 5) is 14.2. The van der Waals surface area contributed by atoms with Crippen molar-refractivity contribution >= 4 is 22.7 Å². The van der Waals surface area contributed by atoms with Gasteiger partial charge in [-0.25, -0.2) is 15.0 Å². The van der Waals surface area contributed by atoms with Gasteiger partial charge in [0.1, 0.15) is 16.9 Å². The largest absolute Gasteiger partial charge is 0.393 e. The Labute approximate surface area is 181 Å². The van der Waals surface area contributed by atoms with Crippen LogP contribution < -0.4 is 16.4 Å². The maximum Gasteiger partial charge on any atom is 0.151 e. The van der Waals surface area contributed by atoms with Crippen LogP contribution in [0.1, 0.15) is 50.8 Å². The van der Waals surface area contributed by atoms with Crippen molar-refractivity contribution in [3.8, 4) is 11.1 Å². The third-order valence-corrected chi connectivity index (χ3v) is 6.47. The molecule has 0 spiro atoms. The molecular weight excluding hydrogens is 392 g/mol. The maximum absolute atomic E-state index is 9.90. The number of hydrogen-bond donors (Lipinski definition) is 4. The van der Waals surface area contributed by atoms with Gasteiger partial charge in [-0.15, -0.1) is 0 Å². The number of aromatic nitrogens is 5. The minimum absolute atomic E-state index is 0.206. The number of nitrogen functional groups attached to an aromatic ring is 1. The van der Waals surface area contributed by atoms with E-state index in [9.17, 15) is 5.11 Å². The summed E-state index contributed by atoms with van der Waals surface area (Å²) in [5.74, 6) is 1.15. The molecule has 1 aliphatic carbocycles. The normalized spacial score (nSPS) is 22.3. The predicted octanol–water partition coefficient (Wildman–Crippen LogP) is 2.28. The van der Waals surface area contributed by atoms with Crippen molar-refractivity contribution in [1.29, 1.82) is 0 Å². The summed E-state index contributed by atoms with van der Waals surface area (Å²) in [6.07, 6.45) is 10.8. The number of piperidine rings is 1. The van der Waals surface area contributed by atoms with Crippen molar-refractivity contribution in [2.45, 2.75) is 63.6 Å². The smallest absolute Gasteiger partial charge is 0.151 e. The molecule has 3 aromatic rings. The van der Waals surface area contributed by atoms with E-state index in [4.69, 9.17) is 15.7 Å². The molecule has 4 heterocycles. The molecule has 1 saturated heterocycles. The Hall–Kier alpha value is -2.78. The average Bonchev–Trinajstić information content (AvgIpc) is 3.44. The zero-order valence-electron chi connectivity index (χ0n) is 17.9. The number of aryl methyl sites for hydroxylation is 1. The van der Waals surface area contributed by atoms with E-state index >= 15 is 0 Å². The number of nitrogens with zero attached hydrogens (tertiary/aromatic N) is 5. The molecule has 0 bridgehead atoms. The Morgan fingerprint density at radius 1 is 1.16 bits per heavy atom. The lowest BCUT2D eigenvalue weighted by Gasteiger charge is -2.22. The van der Waals surface area contributed by atoms with Crippen LogP contribution in [0.3, 0.4) is 0 Å². The van der Waals surface area contributed by atoms with Gasteiger partial charge in [0, 0.05) is 29.6 Å². The van der Waals surface area contributed by atoms with E-state index in [0.717, 1.165) is 79.8 Å². The highest BCUT2D eigenvalue weighted by atomic mass is 16.3. The van der Waals surface area contributed by atoms with Gasteiger partial charge >= 0.3 is 0 Å². The van der Waals surface area contributed by atoms with Gasteiger partial charge in [-0.05, 0) is 51.6 Å². The third-order valence-electron chi connectivity index (χ3n) is 6.47. The Morgan fingerprint density at radius 3 is 2.74 bits per heavy atom. The number of pyridine rings is 1. The van der Waals surface area contributed by atoms with Crippen LogP contribution in [-0.4, -0.2) is 55.1 Å². The van der Waals surface area contributed by atoms with Gasteiger partial charge in [-0.1, -0.05) is 6.92 Å². The first-order chi connectivity index (χ1) is 15.1. The van der Waals surface area contributed by atoms with Crippen molar-refractivity contribution in [2.24, 2.45) is 0 Å². The molecule has 1 saturated carbocycles. The van der Waals surface area contributed by atoms with Crippen LogP contribution in [0.15, 0.2) is 18.6 Å². The minimum Gasteiger partial charge on any atom is -0.393 e. The fourth-order valence-corrected chi connectivity index (χ4v) is 4.70. The molecule has 31 heavy (non-hydrogen) atoms. The number of aliphatic hydroxyl groups is 1. The van der Waals surface area contributed by atoms with Crippen molar-refractivity contribution in [2.75, 3.05) is 24.1 Å². The third kappa shape index (κ3) is 3.95. The molecule has 2 fully saturated rings. The van der Waals surface area contributed by atoms with Crippen molar-refractivity contribution < 1.29 is 5.11 Å². The molecule has 2 unspecified atom stereocenters. The summed E-state index contributed by atoms with van der Waals surface area (Å²) in [5.41, 5.74) is 10.3. The van der Waals surface area contributed by atoms with Crippen molar-refractivity contribution in [3.63, 3.8) is 0 Å². The zero-order valence-corrected chi connectivity index (χ0v) is 17.9. The van der Waals surface area contributed by atoms with Crippen molar-refractivity contribution in [1.82, 2.24) is 30.0 Å². The van der Waals surface area contributed by atoms with Crippen LogP contribution in [0.4, 0.5) is 11.6 Å². The Kier molecular flexibility index (Phi) is 5.45.